The van der Waals surface area contributed by atoms with Crippen LogP contribution in [0.2, 0.25) is 0 Å². The molecule has 6 heteroatoms. The number of ether oxygens (including phenoxy) is 1. The predicted molar refractivity (Wildman–Crippen MR) is 69.2 cm³/mol. The average molecular weight is 254 g/mol. The van der Waals surface area contributed by atoms with Crippen LogP contribution in [-0.4, -0.2) is 34.3 Å². The van der Waals surface area contributed by atoms with Crippen molar-refractivity contribution in [3.8, 4) is 0 Å². The van der Waals surface area contributed by atoms with E-state index in [9.17, 15) is 4.79 Å². The number of hydrogen-bond donors (Lipinski definition) is 2. The molecule has 0 saturated carbocycles. The fraction of sp³-hybridized carbons (Fsp3) is 0.667. The molecule has 0 aliphatic heterocycles. The van der Waals surface area contributed by atoms with Gasteiger partial charge < -0.3 is 20.4 Å². The van der Waals surface area contributed by atoms with Crippen molar-refractivity contribution in [3.63, 3.8) is 0 Å². The first-order valence-electron chi connectivity index (χ1n) is 6.08. The highest BCUT2D eigenvalue weighted by molar-refractivity contribution is 5.67. The van der Waals surface area contributed by atoms with Crippen LogP contribution in [0.4, 0.5) is 4.79 Å². The Kier molecular flexibility index (Phi) is 5.15. The predicted octanol–water partition coefficient (Wildman–Crippen LogP) is 0.909. The fourth-order valence-corrected chi connectivity index (χ4v) is 1.41. The largest absolute Gasteiger partial charge is 0.444 e. The number of rotatable bonds is 5. The number of nitrogens with two attached hydrogens (primary N) is 1. The van der Waals surface area contributed by atoms with E-state index in [4.69, 9.17) is 10.5 Å². The maximum Gasteiger partial charge on any atom is 0.407 e. The van der Waals surface area contributed by atoms with Gasteiger partial charge in [0.05, 0.1) is 12.0 Å². The van der Waals surface area contributed by atoms with Gasteiger partial charge in [0.15, 0.2) is 0 Å². The van der Waals surface area contributed by atoms with Crippen LogP contribution in [0.3, 0.4) is 0 Å². The van der Waals surface area contributed by atoms with Gasteiger partial charge in [0.1, 0.15) is 5.60 Å². The molecule has 6 nitrogen and oxygen atoms in total. The van der Waals surface area contributed by atoms with E-state index in [1.54, 1.807) is 6.33 Å². The molecule has 102 valence electrons. The first kappa shape index (κ1) is 14.5. The number of imidazole rings is 1. The quantitative estimate of drug-likeness (QED) is 0.818. The van der Waals surface area contributed by atoms with Crippen molar-refractivity contribution >= 4 is 6.09 Å². The van der Waals surface area contributed by atoms with E-state index in [2.05, 4.69) is 10.3 Å². The molecule has 1 rings (SSSR count). The lowest BCUT2D eigenvalue weighted by Gasteiger charge is -2.19. The van der Waals surface area contributed by atoms with Crippen LogP contribution in [0.5, 0.6) is 0 Å². The van der Waals surface area contributed by atoms with E-state index in [1.807, 2.05) is 31.5 Å². The van der Waals surface area contributed by atoms with E-state index in [0.717, 1.165) is 12.2 Å². The second kappa shape index (κ2) is 6.39. The maximum atomic E-state index is 11.4. The smallest absolute Gasteiger partial charge is 0.407 e. The van der Waals surface area contributed by atoms with Gasteiger partial charge in [-0.25, -0.2) is 9.78 Å². The summed E-state index contributed by atoms with van der Waals surface area (Å²) in [7, 11) is 0. The summed E-state index contributed by atoms with van der Waals surface area (Å²) in [4.78, 5) is 15.6. The van der Waals surface area contributed by atoms with E-state index >= 15 is 0 Å². The van der Waals surface area contributed by atoms with Gasteiger partial charge in [0.2, 0.25) is 0 Å². The Morgan fingerprint density at radius 1 is 1.56 bits per heavy atom. The topological polar surface area (TPSA) is 82.2 Å². The first-order valence-corrected chi connectivity index (χ1v) is 6.08. The van der Waals surface area contributed by atoms with E-state index in [0.29, 0.717) is 19.5 Å². The summed E-state index contributed by atoms with van der Waals surface area (Å²) in [6.45, 7) is 7.36. The summed E-state index contributed by atoms with van der Waals surface area (Å²) >= 11 is 0. The number of nitrogens with zero attached hydrogens (tertiary/aromatic N) is 2. The second-order valence-electron chi connectivity index (χ2n) is 5.07. The van der Waals surface area contributed by atoms with Crippen molar-refractivity contribution in [2.45, 2.75) is 39.3 Å². The molecule has 18 heavy (non-hydrogen) atoms. The third kappa shape index (κ3) is 5.67. The highest BCUT2D eigenvalue weighted by Gasteiger charge is 2.15. The molecule has 0 atom stereocenters. The van der Waals surface area contributed by atoms with Gasteiger partial charge >= 0.3 is 6.09 Å². The summed E-state index contributed by atoms with van der Waals surface area (Å²) in [5.41, 5.74) is 5.91. The van der Waals surface area contributed by atoms with Crippen molar-refractivity contribution in [2.75, 3.05) is 13.1 Å². The van der Waals surface area contributed by atoms with Crippen molar-refractivity contribution in [2.24, 2.45) is 5.73 Å². The fourth-order valence-electron chi connectivity index (χ4n) is 1.41. The normalized spacial score (nSPS) is 11.3. The lowest BCUT2D eigenvalue weighted by molar-refractivity contribution is 0.0528. The molecule has 0 aliphatic carbocycles. The van der Waals surface area contributed by atoms with Crippen LogP contribution in [0.1, 0.15) is 26.5 Å². The molecular weight excluding hydrogens is 232 g/mol. The third-order valence-electron chi connectivity index (χ3n) is 2.12. The summed E-state index contributed by atoms with van der Waals surface area (Å²) in [5.74, 6) is 0. The Hall–Kier alpha value is -1.56. The summed E-state index contributed by atoms with van der Waals surface area (Å²) in [6, 6.07) is 0. The standard InChI is InChI=1S/C12H22N4O2/c1-12(2,3)18-11(17)14-6-4-10-8-16(7-5-13)9-15-10/h8-9H,4-7,13H2,1-3H3,(H,14,17). The monoisotopic (exact) mass is 254 g/mol. The van der Waals surface area contributed by atoms with Crippen LogP contribution < -0.4 is 11.1 Å². The van der Waals surface area contributed by atoms with Crippen LogP contribution in [0.25, 0.3) is 0 Å². The van der Waals surface area contributed by atoms with Crippen molar-refractivity contribution in [1.29, 1.82) is 0 Å². The van der Waals surface area contributed by atoms with Crippen LogP contribution >= 0.6 is 0 Å². The molecule has 0 spiro atoms. The lowest BCUT2D eigenvalue weighted by atomic mass is 10.2. The number of carbonyl (C=O) groups is 1. The van der Waals surface area contributed by atoms with Gasteiger partial charge in [0.25, 0.3) is 0 Å². The molecule has 1 heterocycles. The van der Waals surface area contributed by atoms with Gasteiger partial charge in [-0.1, -0.05) is 0 Å². The molecule has 0 saturated heterocycles. The van der Waals surface area contributed by atoms with E-state index in [1.165, 1.54) is 0 Å². The second-order valence-corrected chi connectivity index (χ2v) is 5.07. The molecule has 3 N–H and O–H groups in total. The third-order valence-corrected chi connectivity index (χ3v) is 2.12. The van der Waals surface area contributed by atoms with Crippen molar-refractivity contribution in [3.05, 3.63) is 18.2 Å². The van der Waals surface area contributed by atoms with Crippen LogP contribution in [0, 0.1) is 0 Å². The molecule has 1 aromatic heterocycles. The molecule has 0 unspecified atom stereocenters. The molecular formula is C12H22N4O2. The van der Waals surface area contributed by atoms with Crippen molar-refractivity contribution in [1.82, 2.24) is 14.9 Å². The average Bonchev–Trinajstić information content (AvgIpc) is 2.63. The first-order chi connectivity index (χ1) is 8.40. The highest BCUT2D eigenvalue weighted by Crippen LogP contribution is 2.06. The number of nitrogens with one attached hydrogen (secondary N) is 1. The van der Waals surface area contributed by atoms with E-state index in [-0.39, 0.29) is 0 Å². The molecule has 1 amide bonds. The SMILES string of the molecule is CC(C)(C)OC(=O)NCCc1cn(CCN)cn1. The number of amides is 1. The van der Waals surface area contributed by atoms with Crippen molar-refractivity contribution < 1.29 is 9.53 Å². The summed E-state index contributed by atoms with van der Waals surface area (Å²) in [6.07, 6.45) is 3.96. The zero-order chi connectivity index (χ0) is 13.6. The van der Waals surface area contributed by atoms with Gasteiger partial charge in [-0.3, -0.25) is 0 Å². The minimum absolute atomic E-state index is 0.399. The number of aromatic nitrogens is 2. The summed E-state index contributed by atoms with van der Waals surface area (Å²) < 4.78 is 7.06. The number of carbonyl (C=O) groups excluding carboxylic acids is 1. The minimum atomic E-state index is -0.465. The Balaban J connectivity index is 2.26. The highest BCUT2D eigenvalue weighted by atomic mass is 16.6. The van der Waals surface area contributed by atoms with Gasteiger partial charge in [-0.2, -0.15) is 0 Å². The molecule has 0 aliphatic rings. The minimum Gasteiger partial charge on any atom is -0.444 e. The number of alkyl carbamates (subject to hydrolysis) is 1. The van der Waals surface area contributed by atoms with E-state index < -0.39 is 11.7 Å². The Morgan fingerprint density at radius 3 is 2.89 bits per heavy atom. The van der Waals surface area contributed by atoms with Gasteiger partial charge in [0, 0.05) is 32.3 Å². The van der Waals surface area contributed by atoms with Crippen LogP contribution in [0.15, 0.2) is 12.5 Å². The molecule has 0 aromatic carbocycles. The zero-order valence-electron chi connectivity index (χ0n) is 11.3. The van der Waals surface area contributed by atoms with Gasteiger partial charge in [-0.05, 0) is 20.8 Å². The molecule has 1 aromatic rings. The maximum absolute atomic E-state index is 11.4. The zero-order valence-corrected chi connectivity index (χ0v) is 11.3. The molecule has 0 radical (unpaired) electrons. The Morgan fingerprint density at radius 2 is 2.28 bits per heavy atom. The lowest BCUT2D eigenvalue weighted by Crippen LogP contribution is -2.33. The number of hydrogen-bond acceptors (Lipinski definition) is 4. The summed E-state index contributed by atoms with van der Waals surface area (Å²) in [5, 5.41) is 2.69. The Bertz CT molecular complexity index is 382. The van der Waals surface area contributed by atoms with Crippen LogP contribution in [-0.2, 0) is 17.7 Å². The molecule has 0 fully saturated rings. The molecule has 0 bridgehead atoms. The van der Waals surface area contributed by atoms with Gasteiger partial charge in [-0.15, -0.1) is 0 Å². The Labute approximate surface area is 108 Å².